The van der Waals surface area contributed by atoms with Gasteiger partial charge in [0.15, 0.2) is 5.11 Å². The molecule has 0 bridgehead atoms. The van der Waals surface area contributed by atoms with Crippen molar-refractivity contribution in [1.82, 2.24) is 14.9 Å². The van der Waals surface area contributed by atoms with Crippen molar-refractivity contribution >= 4 is 23.0 Å². The Hall–Kier alpha value is -2.70. The first-order chi connectivity index (χ1) is 14.9. The molecular weight excluding hydrogens is 404 g/mol. The molecule has 3 heterocycles. The SMILES string of the molecule is COCCn1c(C)cc([C@H]2[C@@H](c3ccccn3)NC(=S)N2c2ccc(C)c(C)c2)c1C. The Morgan fingerprint density at radius 1 is 1.06 bits per heavy atom. The van der Waals surface area contributed by atoms with Crippen molar-refractivity contribution in [2.24, 2.45) is 0 Å². The van der Waals surface area contributed by atoms with E-state index in [4.69, 9.17) is 17.0 Å². The number of anilines is 1. The number of nitrogens with zero attached hydrogens (tertiary/aromatic N) is 3. The molecule has 1 saturated heterocycles. The van der Waals surface area contributed by atoms with E-state index in [1.807, 2.05) is 18.3 Å². The van der Waals surface area contributed by atoms with Crippen molar-refractivity contribution in [1.29, 1.82) is 0 Å². The van der Waals surface area contributed by atoms with Crippen LogP contribution in [0.5, 0.6) is 0 Å². The Labute approximate surface area is 190 Å². The number of benzene rings is 1. The molecule has 162 valence electrons. The maximum absolute atomic E-state index is 5.87. The highest BCUT2D eigenvalue weighted by molar-refractivity contribution is 7.80. The molecule has 2 aromatic heterocycles. The van der Waals surface area contributed by atoms with Crippen LogP contribution < -0.4 is 10.2 Å². The molecule has 1 aliphatic rings. The maximum atomic E-state index is 5.87. The van der Waals surface area contributed by atoms with Gasteiger partial charge < -0.3 is 19.5 Å². The Bertz CT molecular complexity index is 1090. The highest BCUT2D eigenvalue weighted by Gasteiger charge is 2.42. The van der Waals surface area contributed by atoms with Crippen molar-refractivity contribution in [3.63, 3.8) is 0 Å². The van der Waals surface area contributed by atoms with Gasteiger partial charge in [0.1, 0.15) is 0 Å². The largest absolute Gasteiger partial charge is 0.383 e. The highest BCUT2D eigenvalue weighted by Crippen LogP contribution is 2.43. The molecule has 2 atom stereocenters. The number of nitrogens with one attached hydrogen (secondary N) is 1. The van der Waals surface area contributed by atoms with Crippen LogP contribution in [0.3, 0.4) is 0 Å². The third kappa shape index (κ3) is 3.98. The minimum absolute atomic E-state index is 0.00648. The van der Waals surface area contributed by atoms with Gasteiger partial charge in [-0.15, -0.1) is 0 Å². The number of thiocarbonyl (C=S) groups is 1. The van der Waals surface area contributed by atoms with Gasteiger partial charge in [-0.2, -0.15) is 0 Å². The fourth-order valence-electron chi connectivity index (χ4n) is 4.48. The second kappa shape index (κ2) is 8.81. The lowest BCUT2D eigenvalue weighted by Crippen LogP contribution is -2.29. The van der Waals surface area contributed by atoms with E-state index in [2.05, 4.69) is 77.8 Å². The van der Waals surface area contributed by atoms with E-state index in [1.165, 1.54) is 28.1 Å². The maximum Gasteiger partial charge on any atom is 0.174 e. The molecule has 0 unspecified atom stereocenters. The standard InChI is InChI=1S/C25H30N4OS/c1-16-9-10-20(14-17(16)2)29-24(21-15-18(3)28(19(21)4)12-13-30-5)23(27-25(29)31)22-8-6-7-11-26-22/h6-11,14-15,23-24H,12-13H2,1-5H3,(H,27,31)/t23-,24+/m1/s1. The summed E-state index contributed by atoms with van der Waals surface area (Å²) in [6, 6.07) is 14.9. The Morgan fingerprint density at radius 2 is 1.87 bits per heavy atom. The molecular formula is C25H30N4OS. The highest BCUT2D eigenvalue weighted by atomic mass is 32.1. The van der Waals surface area contributed by atoms with Crippen LogP contribution in [0, 0.1) is 27.7 Å². The fraction of sp³-hybridized carbons (Fsp3) is 0.360. The van der Waals surface area contributed by atoms with Crippen LogP contribution in [0.25, 0.3) is 0 Å². The van der Waals surface area contributed by atoms with Gasteiger partial charge in [0.2, 0.25) is 0 Å². The predicted molar refractivity (Wildman–Crippen MR) is 130 cm³/mol. The van der Waals surface area contributed by atoms with Gasteiger partial charge >= 0.3 is 0 Å². The topological polar surface area (TPSA) is 42.3 Å². The molecule has 1 N–H and O–H groups in total. The number of methoxy groups -OCH3 is 1. The van der Waals surface area contributed by atoms with Gasteiger partial charge in [-0.1, -0.05) is 12.1 Å². The molecule has 0 spiro atoms. The molecule has 0 saturated carbocycles. The van der Waals surface area contributed by atoms with Crippen molar-refractivity contribution in [2.75, 3.05) is 18.6 Å². The molecule has 6 heteroatoms. The summed E-state index contributed by atoms with van der Waals surface area (Å²) in [5.41, 5.74) is 8.34. The molecule has 0 amide bonds. The molecule has 1 aromatic carbocycles. The zero-order valence-corrected chi connectivity index (χ0v) is 19.7. The van der Waals surface area contributed by atoms with Crippen LogP contribution >= 0.6 is 12.2 Å². The van der Waals surface area contributed by atoms with E-state index < -0.39 is 0 Å². The molecule has 31 heavy (non-hydrogen) atoms. The van der Waals surface area contributed by atoms with Gasteiger partial charge in [-0.25, -0.2) is 0 Å². The quantitative estimate of drug-likeness (QED) is 0.557. The van der Waals surface area contributed by atoms with Crippen LogP contribution in [0.1, 0.15) is 45.9 Å². The molecule has 1 fully saturated rings. The first-order valence-corrected chi connectivity index (χ1v) is 11.1. The summed E-state index contributed by atoms with van der Waals surface area (Å²) >= 11 is 5.87. The van der Waals surface area contributed by atoms with E-state index in [0.717, 1.165) is 23.0 Å². The third-order valence-corrected chi connectivity index (χ3v) is 6.63. The molecule has 0 aliphatic carbocycles. The van der Waals surface area contributed by atoms with E-state index in [9.17, 15) is 0 Å². The fourth-order valence-corrected chi connectivity index (χ4v) is 4.82. The Balaban J connectivity index is 1.85. The zero-order valence-electron chi connectivity index (χ0n) is 18.8. The summed E-state index contributed by atoms with van der Waals surface area (Å²) in [5.74, 6) is 0. The van der Waals surface area contributed by atoms with Crippen LogP contribution in [0.2, 0.25) is 0 Å². The lowest BCUT2D eigenvalue weighted by Gasteiger charge is -2.28. The van der Waals surface area contributed by atoms with Gasteiger partial charge in [-0.3, -0.25) is 4.98 Å². The number of aryl methyl sites for hydroxylation is 3. The van der Waals surface area contributed by atoms with Gasteiger partial charge in [-0.05, 0) is 86.9 Å². The Kier molecular flexibility index (Phi) is 6.12. The normalized spacial score (nSPS) is 18.5. The van der Waals surface area contributed by atoms with E-state index in [0.29, 0.717) is 6.61 Å². The van der Waals surface area contributed by atoms with Gasteiger partial charge in [0, 0.05) is 36.9 Å². The number of hydrogen-bond acceptors (Lipinski definition) is 3. The Morgan fingerprint density at radius 3 is 2.55 bits per heavy atom. The van der Waals surface area contributed by atoms with E-state index in [-0.39, 0.29) is 12.1 Å². The second-order valence-electron chi connectivity index (χ2n) is 8.24. The van der Waals surface area contributed by atoms with Crippen LogP contribution in [-0.2, 0) is 11.3 Å². The average Bonchev–Trinajstić information content (AvgIpc) is 3.25. The summed E-state index contributed by atoms with van der Waals surface area (Å²) < 4.78 is 7.67. The monoisotopic (exact) mass is 434 g/mol. The lowest BCUT2D eigenvalue weighted by molar-refractivity contribution is 0.186. The molecule has 5 nitrogen and oxygen atoms in total. The minimum Gasteiger partial charge on any atom is -0.383 e. The lowest BCUT2D eigenvalue weighted by atomic mass is 9.96. The second-order valence-corrected chi connectivity index (χ2v) is 8.62. The predicted octanol–water partition coefficient (Wildman–Crippen LogP) is 4.94. The van der Waals surface area contributed by atoms with Crippen molar-refractivity contribution in [3.05, 3.63) is 82.4 Å². The van der Waals surface area contributed by atoms with Crippen molar-refractivity contribution in [3.8, 4) is 0 Å². The zero-order chi connectivity index (χ0) is 22.1. The summed E-state index contributed by atoms with van der Waals surface area (Å²) in [6.07, 6.45) is 1.84. The molecule has 3 aromatic rings. The van der Waals surface area contributed by atoms with E-state index >= 15 is 0 Å². The summed E-state index contributed by atoms with van der Waals surface area (Å²) in [6.45, 7) is 10.1. The summed E-state index contributed by atoms with van der Waals surface area (Å²) in [4.78, 5) is 6.92. The van der Waals surface area contributed by atoms with Gasteiger partial charge in [0.25, 0.3) is 0 Å². The van der Waals surface area contributed by atoms with Gasteiger partial charge in [0.05, 0.1) is 24.4 Å². The number of hydrogen-bond donors (Lipinski definition) is 1. The first kappa shape index (κ1) is 21.5. The number of rotatable bonds is 6. The summed E-state index contributed by atoms with van der Waals surface area (Å²) in [5, 5.41) is 4.29. The minimum atomic E-state index is -0.0355. The molecule has 0 radical (unpaired) electrons. The van der Waals surface area contributed by atoms with Crippen LogP contribution in [0.4, 0.5) is 5.69 Å². The summed E-state index contributed by atoms with van der Waals surface area (Å²) in [7, 11) is 1.74. The number of pyridine rings is 1. The first-order valence-electron chi connectivity index (χ1n) is 10.7. The molecule has 4 rings (SSSR count). The molecule has 1 aliphatic heterocycles. The van der Waals surface area contributed by atoms with Crippen LogP contribution in [-0.4, -0.2) is 28.4 Å². The van der Waals surface area contributed by atoms with Crippen molar-refractivity contribution < 1.29 is 4.74 Å². The van der Waals surface area contributed by atoms with Crippen LogP contribution in [0.15, 0.2) is 48.7 Å². The van der Waals surface area contributed by atoms with E-state index in [1.54, 1.807) is 7.11 Å². The average molecular weight is 435 g/mol. The van der Waals surface area contributed by atoms with Crippen molar-refractivity contribution in [2.45, 2.75) is 46.3 Å². The number of aromatic nitrogens is 2. The smallest absolute Gasteiger partial charge is 0.174 e. The number of ether oxygens (including phenoxy) is 1. The third-order valence-electron chi connectivity index (χ3n) is 6.32.